The van der Waals surface area contributed by atoms with Gasteiger partial charge >= 0.3 is 0 Å². The maximum Gasteiger partial charge on any atom is 0.213 e. The molecule has 2 N–H and O–H groups in total. The smallest absolute Gasteiger partial charge is 0.213 e. The van der Waals surface area contributed by atoms with Gasteiger partial charge in [-0.2, -0.15) is 0 Å². The largest absolute Gasteiger partial charge is 0.481 e. The molecule has 2 aliphatic heterocycles. The number of hydrogen-bond acceptors (Lipinski definition) is 6. The van der Waals surface area contributed by atoms with Gasteiger partial charge in [0, 0.05) is 17.2 Å². The average molecular weight is 391 g/mol. The third kappa shape index (κ3) is 2.82. The molecule has 7 heteroatoms. The lowest BCUT2D eigenvalue weighted by Crippen LogP contribution is -2.42. The molecule has 0 radical (unpaired) electrons. The number of methoxy groups -OCH3 is 1. The van der Waals surface area contributed by atoms with Crippen LogP contribution in [0.3, 0.4) is 0 Å². The summed E-state index contributed by atoms with van der Waals surface area (Å²) in [5.74, 6) is 1.74. The lowest BCUT2D eigenvalue weighted by atomic mass is 9.80. The zero-order chi connectivity index (χ0) is 20.0. The topological polar surface area (TPSA) is 79.0 Å². The van der Waals surface area contributed by atoms with Crippen LogP contribution < -0.4 is 15.2 Å². The third-order valence-corrected chi connectivity index (χ3v) is 5.20. The van der Waals surface area contributed by atoms with E-state index < -0.39 is 5.54 Å². The number of rotatable bonds is 2. The Kier molecular flexibility index (Phi) is 3.99. The van der Waals surface area contributed by atoms with Gasteiger partial charge in [-0.25, -0.2) is 9.37 Å². The molecule has 0 saturated carbocycles. The number of aliphatic imine (C=N–C) groups is 1. The fraction of sp³-hybridized carbons (Fsp3) is 0.182. The first-order valence-corrected chi connectivity index (χ1v) is 9.14. The second-order valence-corrected chi connectivity index (χ2v) is 7.00. The van der Waals surface area contributed by atoms with E-state index in [1.54, 1.807) is 25.4 Å². The molecule has 0 aliphatic carbocycles. The van der Waals surface area contributed by atoms with Crippen molar-refractivity contribution in [3.8, 4) is 28.5 Å². The van der Waals surface area contributed by atoms with Crippen LogP contribution in [0.15, 0.2) is 59.7 Å². The molecule has 0 unspecified atom stereocenters. The minimum atomic E-state index is -0.898. The van der Waals surface area contributed by atoms with Gasteiger partial charge in [0.1, 0.15) is 29.5 Å². The molecule has 3 aromatic rings. The number of aromatic nitrogens is 1. The predicted octanol–water partition coefficient (Wildman–Crippen LogP) is 3.63. The predicted molar refractivity (Wildman–Crippen MR) is 106 cm³/mol. The van der Waals surface area contributed by atoms with Gasteiger partial charge in [-0.3, -0.25) is 4.99 Å². The van der Waals surface area contributed by atoms with Crippen LogP contribution in [0.2, 0.25) is 0 Å². The number of amidine groups is 1. The Labute approximate surface area is 166 Å². The molecule has 2 aliphatic rings. The minimum Gasteiger partial charge on any atom is -0.481 e. The van der Waals surface area contributed by atoms with Gasteiger partial charge in [0.15, 0.2) is 5.75 Å². The summed E-state index contributed by atoms with van der Waals surface area (Å²) >= 11 is 0. The van der Waals surface area contributed by atoms with Crippen molar-refractivity contribution in [2.45, 2.75) is 5.54 Å². The van der Waals surface area contributed by atoms with E-state index in [4.69, 9.17) is 24.9 Å². The van der Waals surface area contributed by atoms with Crippen LogP contribution in [0.4, 0.5) is 4.39 Å². The van der Waals surface area contributed by atoms with Crippen molar-refractivity contribution in [1.29, 1.82) is 0 Å². The van der Waals surface area contributed by atoms with Crippen LogP contribution in [0.25, 0.3) is 11.1 Å². The molecule has 0 bridgehead atoms. The number of ether oxygens (including phenoxy) is 3. The van der Waals surface area contributed by atoms with Gasteiger partial charge in [-0.05, 0) is 35.4 Å². The monoisotopic (exact) mass is 391 g/mol. The van der Waals surface area contributed by atoms with Crippen LogP contribution in [-0.4, -0.2) is 31.1 Å². The Bertz CT molecular complexity index is 1150. The summed E-state index contributed by atoms with van der Waals surface area (Å²) in [6.07, 6.45) is 1.61. The number of fused-ring (bicyclic) bond motifs is 4. The maximum atomic E-state index is 13.8. The van der Waals surface area contributed by atoms with Gasteiger partial charge in [0.25, 0.3) is 0 Å². The van der Waals surface area contributed by atoms with Crippen LogP contribution in [0.5, 0.6) is 17.4 Å². The van der Waals surface area contributed by atoms with Gasteiger partial charge in [0.05, 0.1) is 19.9 Å². The zero-order valence-electron chi connectivity index (χ0n) is 15.7. The number of hydrogen-bond donors (Lipinski definition) is 1. The molecule has 3 heterocycles. The quantitative estimate of drug-likeness (QED) is 0.722. The summed E-state index contributed by atoms with van der Waals surface area (Å²) in [7, 11) is 1.55. The first-order valence-electron chi connectivity index (χ1n) is 9.14. The third-order valence-electron chi connectivity index (χ3n) is 5.20. The SMILES string of the molecule is COc1cc2c(cn1)Oc1ccc(-c3cccc(F)c3)cc1[C@@]21COCC(N)=N1. The van der Waals surface area contributed by atoms with E-state index in [0.717, 1.165) is 22.3 Å². The average Bonchev–Trinajstić information content (AvgIpc) is 2.74. The number of halogens is 1. The van der Waals surface area contributed by atoms with E-state index in [2.05, 4.69) is 4.98 Å². The number of benzene rings is 2. The summed E-state index contributed by atoms with van der Waals surface area (Å²) in [6, 6.07) is 13.9. The van der Waals surface area contributed by atoms with Crippen LogP contribution in [-0.2, 0) is 10.3 Å². The highest BCUT2D eigenvalue weighted by atomic mass is 19.1. The summed E-state index contributed by atoms with van der Waals surface area (Å²) in [4.78, 5) is 9.06. The van der Waals surface area contributed by atoms with Crippen LogP contribution in [0, 0.1) is 5.82 Å². The molecule has 0 fully saturated rings. The minimum absolute atomic E-state index is 0.263. The normalized spacial score (nSPS) is 19.7. The van der Waals surface area contributed by atoms with E-state index >= 15 is 0 Å². The van der Waals surface area contributed by atoms with Crippen molar-refractivity contribution >= 4 is 5.84 Å². The molecule has 29 heavy (non-hydrogen) atoms. The lowest BCUT2D eigenvalue weighted by Gasteiger charge is -2.39. The Hall–Kier alpha value is -3.45. The lowest BCUT2D eigenvalue weighted by molar-refractivity contribution is 0.109. The first kappa shape index (κ1) is 17.6. The molecule has 1 atom stereocenters. The summed E-state index contributed by atoms with van der Waals surface area (Å²) in [6.45, 7) is 0.551. The molecule has 6 nitrogen and oxygen atoms in total. The van der Waals surface area contributed by atoms with Crippen LogP contribution in [0.1, 0.15) is 11.1 Å². The number of nitrogens with two attached hydrogens (primary N) is 1. The van der Waals surface area contributed by atoms with E-state index in [-0.39, 0.29) is 19.0 Å². The van der Waals surface area contributed by atoms with Crippen LogP contribution >= 0.6 is 0 Å². The Morgan fingerprint density at radius 1 is 1.07 bits per heavy atom. The van der Waals surface area contributed by atoms with E-state index in [0.29, 0.717) is 23.2 Å². The maximum absolute atomic E-state index is 13.8. The van der Waals surface area contributed by atoms with Crippen molar-refractivity contribution in [2.24, 2.45) is 10.7 Å². The molecule has 146 valence electrons. The summed E-state index contributed by atoms with van der Waals surface area (Å²) < 4.78 is 31.0. The molecule has 0 amide bonds. The van der Waals surface area contributed by atoms with Gasteiger partial charge < -0.3 is 19.9 Å². The second-order valence-electron chi connectivity index (χ2n) is 7.00. The van der Waals surface area contributed by atoms with Gasteiger partial charge in [-0.15, -0.1) is 0 Å². The van der Waals surface area contributed by atoms with Crippen molar-refractivity contribution < 1.29 is 18.6 Å². The molecule has 5 rings (SSSR count). The molecule has 1 spiro atoms. The van der Waals surface area contributed by atoms with E-state index in [1.807, 2.05) is 24.3 Å². The highest BCUT2D eigenvalue weighted by Gasteiger charge is 2.45. The standard InChI is InChI=1S/C22H18FN3O3/c1-27-21-9-17-19(10-25-21)29-18-6-5-14(13-3-2-4-15(23)7-13)8-16(18)22(17)12-28-11-20(24)26-22/h2-10H,11-12H2,1H3,(H2,24,26)/t22-/m0/s1. The van der Waals surface area contributed by atoms with E-state index in [9.17, 15) is 4.39 Å². The zero-order valence-corrected chi connectivity index (χ0v) is 15.7. The summed E-state index contributed by atoms with van der Waals surface area (Å²) in [5.41, 5.74) is 8.34. The fourth-order valence-corrected chi connectivity index (χ4v) is 3.88. The Morgan fingerprint density at radius 2 is 1.90 bits per heavy atom. The van der Waals surface area contributed by atoms with Crippen molar-refractivity contribution in [3.05, 3.63) is 71.7 Å². The highest BCUT2D eigenvalue weighted by molar-refractivity contribution is 5.84. The van der Waals surface area contributed by atoms with Crippen molar-refractivity contribution in [3.63, 3.8) is 0 Å². The summed E-state index contributed by atoms with van der Waals surface area (Å²) in [5, 5.41) is 0. The van der Waals surface area contributed by atoms with Crippen molar-refractivity contribution in [1.82, 2.24) is 4.98 Å². The number of nitrogens with zero attached hydrogens (tertiary/aromatic N) is 2. The van der Waals surface area contributed by atoms with Gasteiger partial charge in [-0.1, -0.05) is 18.2 Å². The fourth-order valence-electron chi connectivity index (χ4n) is 3.88. The highest BCUT2D eigenvalue weighted by Crippen LogP contribution is 2.51. The van der Waals surface area contributed by atoms with E-state index in [1.165, 1.54) is 12.1 Å². The molecular formula is C22H18FN3O3. The number of pyridine rings is 1. The molecule has 1 aromatic heterocycles. The molecular weight excluding hydrogens is 373 g/mol. The van der Waals surface area contributed by atoms with Gasteiger partial charge in [0.2, 0.25) is 5.88 Å². The molecule has 0 saturated heterocycles. The van der Waals surface area contributed by atoms with Crippen molar-refractivity contribution in [2.75, 3.05) is 20.3 Å². The second kappa shape index (κ2) is 6.56. The Morgan fingerprint density at radius 3 is 2.69 bits per heavy atom. The Balaban J connectivity index is 1.75. The first-order chi connectivity index (χ1) is 14.1. The molecule has 2 aromatic carbocycles.